The van der Waals surface area contributed by atoms with Crippen molar-refractivity contribution >= 4 is 5.82 Å². The summed E-state index contributed by atoms with van der Waals surface area (Å²) < 4.78 is 7.84. The number of aromatic nitrogens is 3. The minimum Gasteiger partial charge on any atom is -0.455 e. The molecule has 4 rings (SSSR count). The fourth-order valence-electron chi connectivity index (χ4n) is 2.95. The van der Waals surface area contributed by atoms with Crippen LogP contribution in [0.3, 0.4) is 0 Å². The SMILES string of the molecule is Cc1ccccc1Oc1cnc2c(c1)C(c1cnn(C)c1)CN2. The van der Waals surface area contributed by atoms with E-state index in [0.717, 1.165) is 35.0 Å². The molecule has 1 N–H and O–H groups in total. The highest BCUT2D eigenvalue weighted by atomic mass is 16.5. The van der Waals surface area contributed by atoms with Gasteiger partial charge >= 0.3 is 0 Å². The smallest absolute Gasteiger partial charge is 0.146 e. The third kappa shape index (κ3) is 2.54. The Labute approximate surface area is 134 Å². The van der Waals surface area contributed by atoms with Gasteiger partial charge in [-0.25, -0.2) is 4.98 Å². The molecule has 0 amide bonds. The molecule has 0 fully saturated rings. The largest absolute Gasteiger partial charge is 0.455 e. The lowest BCUT2D eigenvalue weighted by Gasteiger charge is -2.11. The molecule has 0 bridgehead atoms. The maximum Gasteiger partial charge on any atom is 0.146 e. The Bertz CT molecular complexity index is 856. The summed E-state index contributed by atoms with van der Waals surface area (Å²) >= 11 is 0. The van der Waals surface area contributed by atoms with Gasteiger partial charge in [0, 0.05) is 31.3 Å². The molecule has 0 spiro atoms. The summed E-state index contributed by atoms with van der Waals surface area (Å²) in [5.74, 6) is 2.80. The Hall–Kier alpha value is -2.82. The van der Waals surface area contributed by atoms with Gasteiger partial charge < -0.3 is 10.1 Å². The summed E-state index contributed by atoms with van der Waals surface area (Å²) in [6.45, 7) is 2.87. The van der Waals surface area contributed by atoms with Gasteiger partial charge in [-0.05, 0) is 30.2 Å². The fraction of sp³-hybridized carbons (Fsp3) is 0.222. The minimum atomic E-state index is 0.256. The van der Waals surface area contributed by atoms with Gasteiger partial charge in [-0.15, -0.1) is 0 Å². The molecule has 5 heteroatoms. The number of anilines is 1. The van der Waals surface area contributed by atoms with Crippen LogP contribution in [0.5, 0.6) is 11.5 Å². The van der Waals surface area contributed by atoms with Crippen molar-refractivity contribution in [3.05, 3.63) is 65.6 Å². The first-order valence-corrected chi connectivity index (χ1v) is 7.66. The topological polar surface area (TPSA) is 52.0 Å². The first kappa shape index (κ1) is 13.8. The quantitative estimate of drug-likeness (QED) is 0.805. The highest BCUT2D eigenvalue weighted by Crippen LogP contribution is 2.37. The average molecular weight is 306 g/mol. The van der Waals surface area contributed by atoms with Gasteiger partial charge in [-0.3, -0.25) is 4.68 Å². The molecule has 3 heterocycles. The van der Waals surface area contributed by atoms with E-state index < -0.39 is 0 Å². The van der Waals surface area contributed by atoms with Crippen molar-refractivity contribution in [1.29, 1.82) is 0 Å². The van der Waals surface area contributed by atoms with E-state index in [9.17, 15) is 0 Å². The molecule has 1 aromatic carbocycles. The molecule has 2 aromatic heterocycles. The molecule has 0 aliphatic carbocycles. The second kappa shape index (κ2) is 5.43. The molecule has 1 atom stereocenters. The summed E-state index contributed by atoms with van der Waals surface area (Å²) in [5.41, 5.74) is 3.45. The van der Waals surface area contributed by atoms with Gasteiger partial charge in [0.2, 0.25) is 0 Å². The molecule has 0 saturated heterocycles. The number of fused-ring (bicyclic) bond motifs is 1. The highest BCUT2D eigenvalue weighted by Gasteiger charge is 2.26. The highest BCUT2D eigenvalue weighted by molar-refractivity contribution is 5.57. The van der Waals surface area contributed by atoms with Crippen LogP contribution in [-0.2, 0) is 7.05 Å². The van der Waals surface area contributed by atoms with Crippen LogP contribution >= 0.6 is 0 Å². The Morgan fingerprint density at radius 3 is 2.91 bits per heavy atom. The zero-order chi connectivity index (χ0) is 15.8. The van der Waals surface area contributed by atoms with E-state index in [0.29, 0.717) is 0 Å². The summed E-state index contributed by atoms with van der Waals surface area (Å²) in [5, 5.41) is 7.63. The molecule has 0 radical (unpaired) electrons. The van der Waals surface area contributed by atoms with Crippen molar-refractivity contribution in [3.8, 4) is 11.5 Å². The van der Waals surface area contributed by atoms with E-state index in [1.807, 2.05) is 49.1 Å². The van der Waals surface area contributed by atoms with Gasteiger partial charge in [0.1, 0.15) is 17.3 Å². The van der Waals surface area contributed by atoms with E-state index in [4.69, 9.17) is 4.74 Å². The molecule has 1 unspecified atom stereocenters. The van der Waals surface area contributed by atoms with E-state index in [1.165, 1.54) is 5.56 Å². The van der Waals surface area contributed by atoms with Crippen molar-refractivity contribution in [2.75, 3.05) is 11.9 Å². The first-order valence-electron chi connectivity index (χ1n) is 7.66. The van der Waals surface area contributed by atoms with Crippen LogP contribution in [0.15, 0.2) is 48.9 Å². The van der Waals surface area contributed by atoms with Crippen LogP contribution in [0, 0.1) is 6.92 Å². The number of nitrogens with one attached hydrogen (secondary N) is 1. The van der Waals surface area contributed by atoms with Gasteiger partial charge in [0.25, 0.3) is 0 Å². The standard InChI is InChI=1S/C18H18N4O/c1-12-5-3-4-6-17(12)23-14-7-15-16(10-20-18(15)19-9-14)13-8-21-22(2)11-13/h3-9,11,16H,10H2,1-2H3,(H,19,20). The van der Waals surface area contributed by atoms with Crippen molar-refractivity contribution in [1.82, 2.24) is 14.8 Å². The molecule has 3 aromatic rings. The fourth-order valence-corrected chi connectivity index (χ4v) is 2.95. The minimum absolute atomic E-state index is 0.256. The lowest BCUT2D eigenvalue weighted by atomic mass is 9.97. The maximum absolute atomic E-state index is 6.01. The third-order valence-corrected chi connectivity index (χ3v) is 4.19. The van der Waals surface area contributed by atoms with Crippen molar-refractivity contribution < 1.29 is 4.74 Å². The first-order chi connectivity index (χ1) is 11.2. The summed E-state index contributed by atoms with van der Waals surface area (Å²) in [7, 11) is 1.93. The monoisotopic (exact) mass is 306 g/mol. The van der Waals surface area contributed by atoms with Gasteiger partial charge in [-0.2, -0.15) is 5.10 Å². The number of ether oxygens (including phenoxy) is 1. The number of nitrogens with zero attached hydrogens (tertiary/aromatic N) is 3. The average Bonchev–Trinajstić information content (AvgIpc) is 3.15. The molecule has 1 aliphatic heterocycles. The number of benzene rings is 1. The lowest BCUT2D eigenvalue weighted by Crippen LogP contribution is -2.02. The van der Waals surface area contributed by atoms with Crippen LogP contribution in [0.1, 0.15) is 22.6 Å². The van der Waals surface area contributed by atoms with Crippen LogP contribution < -0.4 is 10.1 Å². The Morgan fingerprint density at radius 1 is 1.26 bits per heavy atom. The summed E-state index contributed by atoms with van der Waals surface area (Å²) in [4.78, 5) is 4.50. The molecule has 1 aliphatic rings. The van der Waals surface area contributed by atoms with Gasteiger partial charge in [-0.1, -0.05) is 18.2 Å². The molecule has 23 heavy (non-hydrogen) atoms. The summed E-state index contributed by atoms with van der Waals surface area (Å²) in [6, 6.07) is 10.1. The van der Waals surface area contributed by atoms with Crippen LogP contribution in [-0.4, -0.2) is 21.3 Å². The van der Waals surface area contributed by atoms with E-state index >= 15 is 0 Å². The molecular formula is C18H18N4O. The van der Waals surface area contributed by atoms with Crippen LogP contribution in [0.25, 0.3) is 0 Å². The molecule has 0 saturated carbocycles. The predicted molar refractivity (Wildman–Crippen MR) is 89.0 cm³/mol. The number of pyridine rings is 1. The number of hydrogen-bond acceptors (Lipinski definition) is 4. The van der Waals surface area contributed by atoms with Crippen LogP contribution in [0.4, 0.5) is 5.82 Å². The number of para-hydroxylation sites is 1. The van der Waals surface area contributed by atoms with Crippen molar-refractivity contribution in [2.24, 2.45) is 7.05 Å². The van der Waals surface area contributed by atoms with Crippen molar-refractivity contribution in [3.63, 3.8) is 0 Å². The second-order valence-electron chi connectivity index (χ2n) is 5.86. The summed E-state index contributed by atoms with van der Waals surface area (Å²) in [6.07, 6.45) is 5.73. The molecule has 5 nitrogen and oxygen atoms in total. The zero-order valence-electron chi connectivity index (χ0n) is 13.2. The molecular weight excluding hydrogens is 288 g/mol. The number of rotatable bonds is 3. The number of aryl methyl sites for hydroxylation is 2. The normalized spacial score (nSPS) is 16.0. The number of hydrogen-bond donors (Lipinski definition) is 1. The van der Waals surface area contributed by atoms with Gasteiger partial charge in [0.05, 0.1) is 12.4 Å². The zero-order valence-corrected chi connectivity index (χ0v) is 13.2. The second-order valence-corrected chi connectivity index (χ2v) is 5.86. The predicted octanol–water partition coefficient (Wildman–Crippen LogP) is 3.47. The Kier molecular flexibility index (Phi) is 3.26. The van der Waals surface area contributed by atoms with Crippen molar-refractivity contribution in [2.45, 2.75) is 12.8 Å². The lowest BCUT2D eigenvalue weighted by molar-refractivity contribution is 0.476. The van der Waals surface area contributed by atoms with E-state index in [1.54, 1.807) is 6.20 Å². The van der Waals surface area contributed by atoms with E-state index in [-0.39, 0.29) is 5.92 Å². The van der Waals surface area contributed by atoms with Gasteiger partial charge in [0.15, 0.2) is 0 Å². The maximum atomic E-state index is 6.01. The van der Waals surface area contributed by atoms with E-state index in [2.05, 4.69) is 27.7 Å². The third-order valence-electron chi connectivity index (χ3n) is 4.19. The van der Waals surface area contributed by atoms with Crippen LogP contribution in [0.2, 0.25) is 0 Å². The Balaban J connectivity index is 1.66. The Morgan fingerprint density at radius 2 is 2.13 bits per heavy atom. The molecule has 116 valence electrons.